The average Bonchev–Trinajstić information content (AvgIpc) is 3.31. The number of aromatic nitrogens is 1. The minimum atomic E-state index is -0.293. The van der Waals surface area contributed by atoms with Crippen molar-refractivity contribution in [3.8, 4) is 11.5 Å². The number of fused-ring (bicyclic) bond motifs is 1. The summed E-state index contributed by atoms with van der Waals surface area (Å²) < 4.78 is 10.6. The zero-order valence-electron chi connectivity index (χ0n) is 20.2. The summed E-state index contributed by atoms with van der Waals surface area (Å²) in [5.74, 6) is 1.15. The number of H-pyrrole nitrogens is 1. The van der Waals surface area contributed by atoms with Crippen molar-refractivity contribution in [2.75, 3.05) is 26.1 Å². The molecule has 0 aliphatic rings. The number of aryl methyl sites for hydroxylation is 1. The number of rotatable bonds is 8. The van der Waals surface area contributed by atoms with E-state index < -0.39 is 0 Å². The highest BCUT2D eigenvalue weighted by Gasteiger charge is 2.14. The Morgan fingerprint density at radius 1 is 0.943 bits per heavy atom. The predicted octanol–water partition coefficient (Wildman–Crippen LogP) is 5.19. The fourth-order valence-electron chi connectivity index (χ4n) is 3.97. The van der Waals surface area contributed by atoms with Gasteiger partial charge in [-0.3, -0.25) is 15.1 Å². The van der Waals surface area contributed by atoms with Crippen molar-refractivity contribution in [1.29, 1.82) is 0 Å². The zero-order valence-corrected chi connectivity index (χ0v) is 20.2. The fourth-order valence-corrected chi connectivity index (χ4v) is 3.97. The van der Waals surface area contributed by atoms with E-state index in [4.69, 9.17) is 14.5 Å². The molecule has 0 saturated carbocycles. The number of anilines is 1. The number of nitrogens with zero attached hydrogens (tertiary/aromatic N) is 1. The quantitative estimate of drug-likeness (QED) is 0.244. The first-order valence-corrected chi connectivity index (χ1v) is 11.6. The van der Waals surface area contributed by atoms with Crippen LogP contribution in [0.4, 0.5) is 5.69 Å². The number of aromatic amines is 1. The Balaban J connectivity index is 1.56. The maximum Gasteiger partial charge on any atom is 0.258 e. The van der Waals surface area contributed by atoms with Crippen LogP contribution in [0.2, 0.25) is 0 Å². The molecule has 0 unspecified atom stereocenters. The van der Waals surface area contributed by atoms with E-state index in [0.717, 1.165) is 29.6 Å². The number of nitrogens with one attached hydrogen (secondary N) is 3. The third kappa shape index (κ3) is 5.63. The highest BCUT2D eigenvalue weighted by atomic mass is 16.5. The molecule has 0 bridgehead atoms. The first kappa shape index (κ1) is 23.9. The minimum absolute atomic E-state index is 0.293. The Hall–Kier alpha value is -4.26. The van der Waals surface area contributed by atoms with E-state index in [9.17, 15) is 4.79 Å². The summed E-state index contributed by atoms with van der Waals surface area (Å²) in [7, 11) is 3.10. The van der Waals surface area contributed by atoms with Crippen LogP contribution in [0.5, 0.6) is 11.5 Å². The second-order valence-electron chi connectivity index (χ2n) is 8.00. The monoisotopic (exact) mass is 470 g/mol. The van der Waals surface area contributed by atoms with Gasteiger partial charge in [-0.15, -0.1) is 0 Å². The Labute approximate surface area is 205 Å². The number of benzene rings is 3. The number of amides is 1. The summed E-state index contributed by atoms with van der Waals surface area (Å²) in [6.45, 7) is 2.60. The molecule has 7 nitrogen and oxygen atoms in total. The molecule has 4 aromatic rings. The maximum absolute atomic E-state index is 13.1. The van der Waals surface area contributed by atoms with Crippen molar-refractivity contribution in [3.63, 3.8) is 0 Å². The number of ether oxygens (including phenoxy) is 2. The highest BCUT2D eigenvalue weighted by Crippen LogP contribution is 2.27. The third-order valence-corrected chi connectivity index (χ3v) is 5.85. The van der Waals surface area contributed by atoms with Crippen molar-refractivity contribution in [1.82, 2.24) is 10.3 Å². The van der Waals surface area contributed by atoms with Gasteiger partial charge in [0.25, 0.3) is 5.91 Å². The zero-order chi connectivity index (χ0) is 24.6. The van der Waals surface area contributed by atoms with Gasteiger partial charge in [0.2, 0.25) is 5.96 Å². The van der Waals surface area contributed by atoms with Crippen molar-refractivity contribution in [3.05, 3.63) is 89.6 Å². The molecular formula is C28H30N4O3. The van der Waals surface area contributed by atoms with E-state index in [1.807, 2.05) is 36.5 Å². The van der Waals surface area contributed by atoms with Gasteiger partial charge in [0.15, 0.2) is 11.5 Å². The Morgan fingerprint density at radius 3 is 2.51 bits per heavy atom. The van der Waals surface area contributed by atoms with E-state index in [1.54, 1.807) is 32.4 Å². The summed E-state index contributed by atoms with van der Waals surface area (Å²) in [6.07, 6.45) is 3.61. The van der Waals surface area contributed by atoms with Crippen molar-refractivity contribution in [2.45, 2.75) is 19.8 Å². The molecule has 7 heteroatoms. The van der Waals surface area contributed by atoms with E-state index in [0.29, 0.717) is 29.6 Å². The van der Waals surface area contributed by atoms with Crippen LogP contribution in [0, 0.1) is 0 Å². The van der Waals surface area contributed by atoms with Gasteiger partial charge in [-0.2, -0.15) is 0 Å². The van der Waals surface area contributed by atoms with Gasteiger partial charge >= 0.3 is 0 Å². The number of methoxy groups -OCH3 is 2. The topological polar surface area (TPSA) is 87.7 Å². The highest BCUT2D eigenvalue weighted by molar-refractivity contribution is 6.10. The van der Waals surface area contributed by atoms with Crippen molar-refractivity contribution in [2.24, 2.45) is 4.99 Å². The van der Waals surface area contributed by atoms with Gasteiger partial charge in [0, 0.05) is 34.9 Å². The number of carbonyl (C=O) groups excluding carboxylic acids is 1. The molecule has 0 aliphatic heterocycles. The minimum Gasteiger partial charge on any atom is -0.493 e. The maximum atomic E-state index is 13.1. The van der Waals surface area contributed by atoms with E-state index in [2.05, 4.69) is 40.7 Å². The molecular weight excluding hydrogens is 440 g/mol. The molecule has 35 heavy (non-hydrogen) atoms. The van der Waals surface area contributed by atoms with Crippen LogP contribution >= 0.6 is 0 Å². The standard InChI is InChI=1S/C28H30N4O3/c1-4-19-9-5-7-11-23(19)31-28(29-16-15-21-18-30-24-12-8-6-10-22(21)24)32-27(33)20-13-14-25(34-2)26(17-20)35-3/h5-14,17-18,30H,4,15-16H2,1-3H3,(H2,29,31,32,33). The second-order valence-corrected chi connectivity index (χ2v) is 8.00. The van der Waals surface area contributed by atoms with Gasteiger partial charge in [0.05, 0.1) is 14.2 Å². The van der Waals surface area contributed by atoms with E-state index in [-0.39, 0.29) is 5.91 Å². The molecule has 0 fully saturated rings. The number of hydrogen-bond donors (Lipinski definition) is 3. The summed E-state index contributed by atoms with van der Waals surface area (Å²) in [5, 5.41) is 7.44. The molecule has 1 amide bonds. The number of hydrogen-bond acceptors (Lipinski definition) is 4. The Kier molecular flexibility index (Phi) is 7.67. The van der Waals surface area contributed by atoms with Crippen LogP contribution in [-0.2, 0) is 12.8 Å². The van der Waals surface area contributed by atoms with Gasteiger partial charge in [0.1, 0.15) is 0 Å². The number of para-hydroxylation sites is 2. The van der Waals surface area contributed by atoms with Crippen LogP contribution in [0.15, 0.2) is 77.9 Å². The average molecular weight is 471 g/mol. The van der Waals surface area contributed by atoms with Crippen LogP contribution < -0.4 is 20.1 Å². The molecule has 0 spiro atoms. The molecule has 0 saturated heterocycles. The first-order valence-electron chi connectivity index (χ1n) is 11.6. The molecule has 3 N–H and O–H groups in total. The summed E-state index contributed by atoms with van der Waals surface area (Å²) in [5.41, 5.74) is 4.77. The molecule has 4 rings (SSSR count). The third-order valence-electron chi connectivity index (χ3n) is 5.85. The molecule has 180 valence electrons. The molecule has 0 radical (unpaired) electrons. The SMILES string of the molecule is CCc1ccccc1NC(=NCCc1c[nH]c2ccccc12)NC(=O)c1ccc(OC)c(OC)c1. The fraction of sp³-hybridized carbons (Fsp3) is 0.214. The summed E-state index contributed by atoms with van der Waals surface area (Å²) in [4.78, 5) is 21.1. The largest absolute Gasteiger partial charge is 0.493 e. The number of carbonyl (C=O) groups is 1. The molecule has 3 aromatic carbocycles. The Morgan fingerprint density at radius 2 is 1.71 bits per heavy atom. The predicted molar refractivity (Wildman–Crippen MR) is 141 cm³/mol. The van der Waals surface area contributed by atoms with E-state index in [1.165, 1.54) is 10.9 Å². The van der Waals surface area contributed by atoms with Crippen molar-refractivity contribution < 1.29 is 14.3 Å². The van der Waals surface area contributed by atoms with Crippen LogP contribution in [0.1, 0.15) is 28.4 Å². The molecule has 1 heterocycles. The lowest BCUT2D eigenvalue weighted by Gasteiger charge is -2.15. The van der Waals surface area contributed by atoms with Crippen LogP contribution in [0.25, 0.3) is 10.9 Å². The van der Waals surface area contributed by atoms with Crippen LogP contribution in [0.3, 0.4) is 0 Å². The molecule has 1 aromatic heterocycles. The van der Waals surface area contributed by atoms with Gasteiger partial charge < -0.3 is 19.8 Å². The molecule has 0 atom stereocenters. The molecule has 0 aliphatic carbocycles. The lowest BCUT2D eigenvalue weighted by atomic mass is 10.1. The lowest BCUT2D eigenvalue weighted by Crippen LogP contribution is -2.36. The van der Waals surface area contributed by atoms with Gasteiger partial charge in [-0.1, -0.05) is 43.3 Å². The number of aliphatic imine (C=N–C) groups is 1. The second kappa shape index (κ2) is 11.2. The van der Waals surface area contributed by atoms with Crippen molar-refractivity contribution >= 4 is 28.5 Å². The summed E-state index contributed by atoms with van der Waals surface area (Å²) >= 11 is 0. The van der Waals surface area contributed by atoms with Crippen LogP contribution in [-0.4, -0.2) is 37.6 Å². The number of guanidine groups is 1. The van der Waals surface area contributed by atoms with E-state index >= 15 is 0 Å². The summed E-state index contributed by atoms with van der Waals surface area (Å²) in [6, 6.07) is 21.2. The normalized spacial score (nSPS) is 11.3. The Bertz CT molecular complexity index is 1340. The smallest absolute Gasteiger partial charge is 0.258 e. The first-order chi connectivity index (χ1) is 17.1. The van der Waals surface area contributed by atoms with Gasteiger partial charge in [-0.25, -0.2) is 0 Å². The lowest BCUT2D eigenvalue weighted by molar-refractivity contribution is 0.0976. The van der Waals surface area contributed by atoms with Gasteiger partial charge in [-0.05, 0) is 54.3 Å².